The molecule has 1 amide bonds. The Morgan fingerprint density at radius 3 is 3.05 bits per heavy atom. The zero-order valence-corrected chi connectivity index (χ0v) is 10.7. The van der Waals surface area contributed by atoms with E-state index in [2.05, 4.69) is 17.0 Å². The van der Waals surface area contributed by atoms with Gasteiger partial charge in [0, 0.05) is 6.20 Å². The van der Waals surface area contributed by atoms with Crippen molar-refractivity contribution in [2.75, 3.05) is 11.9 Å². The summed E-state index contributed by atoms with van der Waals surface area (Å²) >= 11 is 0. The predicted molar refractivity (Wildman–Crippen MR) is 67.1 cm³/mol. The monoisotopic (exact) mass is 273 g/mol. The Labute approximate surface area is 110 Å². The first-order chi connectivity index (χ1) is 9.02. The first kappa shape index (κ1) is 15.3. The molecule has 0 aliphatic carbocycles. The molecule has 1 aromatic rings. The second-order valence-corrected chi connectivity index (χ2v) is 3.92. The van der Waals surface area contributed by atoms with Crippen molar-refractivity contribution in [3.8, 4) is 0 Å². The number of alkyl halides is 2. The summed E-state index contributed by atoms with van der Waals surface area (Å²) in [6, 6.07) is 0. The highest BCUT2D eigenvalue weighted by Gasteiger charge is 2.14. The van der Waals surface area contributed by atoms with E-state index in [-0.39, 0.29) is 5.91 Å². The topological polar surface area (TPSA) is 56.1 Å². The van der Waals surface area contributed by atoms with Crippen molar-refractivity contribution in [1.82, 2.24) is 9.78 Å². The van der Waals surface area contributed by atoms with Crippen molar-refractivity contribution in [2.24, 2.45) is 0 Å². The summed E-state index contributed by atoms with van der Waals surface area (Å²) < 4.78 is 30.6. The van der Waals surface area contributed by atoms with Gasteiger partial charge in [0.2, 0.25) is 0 Å². The quantitative estimate of drug-likeness (QED) is 0.582. The fraction of sp³-hybridized carbons (Fsp3) is 0.500. The fourth-order valence-electron chi connectivity index (χ4n) is 1.32. The summed E-state index contributed by atoms with van der Waals surface area (Å²) in [5.74, 6) is -0.347. The van der Waals surface area contributed by atoms with E-state index in [0.29, 0.717) is 18.7 Å². The highest BCUT2D eigenvalue weighted by Crippen LogP contribution is 2.08. The van der Waals surface area contributed by atoms with Crippen LogP contribution in [0.25, 0.3) is 0 Å². The van der Waals surface area contributed by atoms with Crippen LogP contribution in [0.4, 0.5) is 14.5 Å². The summed E-state index contributed by atoms with van der Waals surface area (Å²) in [5, 5.41) is 6.26. The third-order valence-corrected chi connectivity index (χ3v) is 2.28. The number of nitrogens with one attached hydrogen (secondary N) is 1. The number of rotatable bonds is 8. The summed E-state index contributed by atoms with van der Waals surface area (Å²) in [4.78, 5) is 11.7. The molecule has 0 aliphatic rings. The van der Waals surface area contributed by atoms with Crippen LogP contribution in [0.5, 0.6) is 0 Å². The Hall–Kier alpha value is -1.76. The molecule has 0 radical (unpaired) electrons. The molecule has 5 nitrogen and oxygen atoms in total. The first-order valence-corrected chi connectivity index (χ1v) is 5.87. The smallest absolute Gasteiger partial charge is 0.257 e. The van der Waals surface area contributed by atoms with Crippen LogP contribution >= 0.6 is 0 Å². The van der Waals surface area contributed by atoms with E-state index < -0.39 is 19.1 Å². The molecule has 0 aromatic carbocycles. The van der Waals surface area contributed by atoms with Crippen LogP contribution < -0.4 is 5.32 Å². The molecule has 1 heterocycles. The van der Waals surface area contributed by atoms with Crippen LogP contribution in [0.1, 0.15) is 13.3 Å². The maximum atomic E-state index is 12.1. The second kappa shape index (κ2) is 7.63. The van der Waals surface area contributed by atoms with Crippen LogP contribution in [0.15, 0.2) is 25.0 Å². The molecule has 0 fully saturated rings. The van der Waals surface area contributed by atoms with Crippen molar-refractivity contribution in [2.45, 2.75) is 32.4 Å². The van der Waals surface area contributed by atoms with Gasteiger partial charge in [0.05, 0.1) is 18.5 Å². The number of anilines is 1. The average molecular weight is 273 g/mol. The van der Waals surface area contributed by atoms with Gasteiger partial charge in [-0.1, -0.05) is 6.08 Å². The van der Waals surface area contributed by atoms with Crippen molar-refractivity contribution in [1.29, 1.82) is 0 Å². The van der Waals surface area contributed by atoms with Crippen LogP contribution in [-0.4, -0.2) is 34.8 Å². The molecule has 0 unspecified atom stereocenters. The van der Waals surface area contributed by atoms with E-state index in [4.69, 9.17) is 4.74 Å². The number of amides is 1. The number of nitrogens with zero attached hydrogens (tertiary/aromatic N) is 2. The van der Waals surface area contributed by atoms with Gasteiger partial charge < -0.3 is 10.1 Å². The van der Waals surface area contributed by atoms with Gasteiger partial charge in [-0.15, -0.1) is 6.58 Å². The van der Waals surface area contributed by atoms with Gasteiger partial charge in [-0.05, 0) is 13.3 Å². The normalized spacial score (nSPS) is 12.4. The summed E-state index contributed by atoms with van der Waals surface area (Å²) in [7, 11) is 0. The summed E-state index contributed by atoms with van der Waals surface area (Å²) in [6.45, 7) is 5.06. The molecular weight excluding hydrogens is 256 g/mol. The maximum Gasteiger partial charge on any atom is 0.257 e. The van der Waals surface area contributed by atoms with E-state index in [0.717, 1.165) is 4.68 Å². The van der Waals surface area contributed by atoms with E-state index in [1.807, 2.05) is 0 Å². The van der Waals surface area contributed by atoms with E-state index >= 15 is 0 Å². The third-order valence-electron chi connectivity index (χ3n) is 2.28. The fourth-order valence-corrected chi connectivity index (χ4v) is 1.32. The Morgan fingerprint density at radius 2 is 2.42 bits per heavy atom. The lowest BCUT2D eigenvalue weighted by molar-refractivity contribution is -0.126. The molecule has 0 spiro atoms. The SMILES string of the molecule is C=CCCO[C@H](C)C(=O)Nc1cnn(CC(F)F)c1. The zero-order valence-electron chi connectivity index (χ0n) is 10.7. The Morgan fingerprint density at radius 1 is 1.68 bits per heavy atom. The van der Waals surface area contributed by atoms with Crippen LogP contribution in [-0.2, 0) is 16.1 Å². The van der Waals surface area contributed by atoms with E-state index in [9.17, 15) is 13.6 Å². The molecule has 1 aromatic heterocycles. The predicted octanol–water partition coefficient (Wildman–Crippen LogP) is 2.07. The van der Waals surface area contributed by atoms with Gasteiger partial charge in [0.25, 0.3) is 12.3 Å². The van der Waals surface area contributed by atoms with Crippen molar-refractivity contribution in [3.05, 3.63) is 25.0 Å². The molecular formula is C12H17F2N3O2. The molecule has 0 aliphatic heterocycles. The number of halogens is 2. The maximum absolute atomic E-state index is 12.1. The van der Waals surface area contributed by atoms with Crippen molar-refractivity contribution >= 4 is 11.6 Å². The van der Waals surface area contributed by atoms with Gasteiger partial charge >= 0.3 is 0 Å². The lowest BCUT2D eigenvalue weighted by atomic mass is 10.3. The van der Waals surface area contributed by atoms with Gasteiger partial charge in [0.1, 0.15) is 12.6 Å². The van der Waals surface area contributed by atoms with Crippen molar-refractivity contribution in [3.63, 3.8) is 0 Å². The zero-order chi connectivity index (χ0) is 14.3. The number of aromatic nitrogens is 2. The molecule has 0 bridgehead atoms. The van der Waals surface area contributed by atoms with Crippen LogP contribution in [0, 0.1) is 0 Å². The van der Waals surface area contributed by atoms with Gasteiger partial charge in [0.15, 0.2) is 0 Å². The number of carbonyl (C=O) groups is 1. The molecule has 0 saturated carbocycles. The van der Waals surface area contributed by atoms with Gasteiger partial charge in [-0.3, -0.25) is 9.48 Å². The van der Waals surface area contributed by atoms with Crippen LogP contribution in [0.3, 0.4) is 0 Å². The number of hydrogen-bond donors (Lipinski definition) is 1. The highest BCUT2D eigenvalue weighted by atomic mass is 19.3. The third kappa shape index (κ3) is 5.60. The minimum atomic E-state index is -2.48. The second-order valence-electron chi connectivity index (χ2n) is 3.92. The Balaban J connectivity index is 2.42. The lowest BCUT2D eigenvalue weighted by Gasteiger charge is -2.11. The molecule has 0 saturated heterocycles. The molecule has 1 N–H and O–H groups in total. The number of hydrogen-bond acceptors (Lipinski definition) is 3. The molecule has 19 heavy (non-hydrogen) atoms. The van der Waals surface area contributed by atoms with Gasteiger partial charge in [-0.2, -0.15) is 5.10 Å². The molecule has 106 valence electrons. The van der Waals surface area contributed by atoms with E-state index in [1.54, 1.807) is 13.0 Å². The Kier molecular flexibility index (Phi) is 6.14. The van der Waals surface area contributed by atoms with Gasteiger partial charge in [-0.25, -0.2) is 8.78 Å². The van der Waals surface area contributed by atoms with Crippen LogP contribution in [0.2, 0.25) is 0 Å². The first-order valence-electron chi connectivity index (χ1n) is 5.87. The summed E-state index contributed by atoms with van der Waals surface area (Å²) in [5.41, 5.74) is 0.366. The molecule has 1 rings (SSSR count). The van der Waals surface area contributed by atoms with E-state index in [1.165, 1.54) is 12.4 Å². The number of ether oxygens (including phenoxy) is 1. The Bertz CT molecular complexity index is 421. The van der Waals surface area contributed by atoms with Crippen molar-refractivity contribution < 1.29 is 18.3 Å². The minimum Gasteiger partial charge on any atom is -0.368 e. The molecule has 7 heteroatoms. The minimum absolute atomic E-state index is 0.347. The highest BCUT2D eigenvalue weighted by molar-refractivity contribution is 5.93. The molecule has 1 atom stereocenters. The number of carbonyl (C=O) groups excluding carboxylic acids is 1. The lowest BCUT2D eigenvalue weighted by Crippen LogP contribution is -2.27. The standard InChI is InChI=1S/C12H17F2N3O2/c1-3-4-5-19-9(2)12(18)16-10-6-15-17(7-10)8-11(13)14/h3,6-7,9,11H,1,4-5,8H2,2H3,(H,16,18)/t9-/m1/s1. The summed E-state index contributed by atoms with van der Waals surface area (Å²) in [6.07, 6.45) is 1.91. The average Bonchev–Trinajstić information content (AvgIpc) is 2.75. The largest absolute Gasteiger partial charge is 0.368 e.